The molecule has 2 aliphatic rings. The zero-order chi connectivity index (χ0) is 28.8. The third-order valence-electron chi connectivity index (χ3n) is 8.14. The number of rotatable bonds is 7. The highest BCUT2D eigenvalue weighted by Crippen LogP contribution is 2.31. The van der Waals surface area contributed by atoms with E-state index in [0.29, 0.717) is 42.6 Å². The van der Waals surface area contributed by atoms with Crippen molar-refractivity contribution < 1.29 is 19.1 Å². The molecule has 2 saturated heterocycles. The number of benzene rings is 2. The van der Waals surface area contributed by atoms with E-state index in [1.807, 2.05) is 24.3 Å². The summed E-state index contributed by atoms with van der Waals surface area (Å²) < 4.78 is 13.2. The maximum atomic E-state index is 13.2. The number of pyridine rings is 1. The molecule has 3 aromatic rings. The van der Waals surface area contributed by atoms with Gasteiger partial charge >= 0.3 is 0 Å². The molecule has 1 atom stereocenters. The number of nitrogens with one attached hydrogen (secondary N) is 1. The SMILES string of the molecule is N#Cc1ccc(CN2CCC(NC(=O)c3ccc(C(=O)N4CCC(C(O)c5ccc(F)cc5)CC4)cn3)CC2)cc1. The Morgan fingerprint density at radius 3 is 2.27 bits per heavy atom. The molecule has 2 aliphatic heterocycles. The van der Waals surface area contributed by atoms with E-state index in [2.05, 4.69) is 21.3 Å². The van der Waals surface area contributed by atoms with Gasteiger partial charge in [0.05, 0.1) is 23.3 Å². The molecular formula is C32H34FN5O3. The summed E-state index contributed by atoms with van der Waals surface area (Å²) >= 11 is 0. The third-order valence-corrected chi connectivity index (χ3v) is 8.14. The zero-order valence-corrected chi connectivity index (χ0v) is 22.9. The lowest BCUT2D eigenvalue weighted by Crippen LogP contribution is -2.44. The number of halogens is 1. The summed E-state index contributed by atoms with van der Waals surface area (Å²) in [4.78, 5) is 34.2. The number of nitriles is 1. The summed E-state index contributed by atoms with van der Waals surface area (Å²) in [6.45, 7) is 3.56. The molecule has 2 aromatic carbocycles. The number of hydrogen-bond donors (Lipinski definition) is 2. The van der Waals surface area contributed by atoms with Crippen molar-refractivity contribution in [2.45, 2.75) is 44.4 Å². The second-order valence-corrected chi connectivity index (χ2v) is 10.9. The molecule has 0 spiro atoms. The number of carbonyl (C=O) groups is 2. The van der Waals surface area contributed by atoms with E-state index in [1.54, 1.807) is 29.2 Å². The van der Waals surface area contributed by atoms with Crippen molar-refractivity contribution in [1.29, 1.82) is 5.26 Å². The number of amides is 2. The van der Waals surface area contributed by atoms with Crippen molar-refractivity contribution in [3.05, 3.63) is 101 Å². The minimum Gasteiger partial charge on any atom is -0.388 e. The lowest BCUT2D eigenvalue weighted by molar-refractivity contribution is 0.0461. The van der Waals surface area contributed by atoms with Crippen LogP contribution in [0.3, 0.4) is 0 Å². The van der Waals surface area contributed by atoms with E-state index < -0.39 is 6.10 Å². The van der Waals surface area contributed by atoms with Gasteiger partial charge in [-0.05, 0) is 79.1 Å². The fourth-order valence-corrected chi connectivity index (χ4v) is 5.63. The Labute approximate surface area is 239 Å². The first-order chi connectivity index (χ1) is 19.9. The van der Waals surface area contributed by atoms with Gasteiger partial charge in [-0.1, -0.05) is 24.3 Å². The van der Waals surface area contributed by atoms with Crippen LogP contribution in [-0.2, 0) is 6.54 Å². The van der Waals surface area contributed by atoms with E-state index in [-0.39, 0.29) is 35.3 Å². The van der Waals surface area contributed by atoms with Gasteiger partial charge in [0.2, 0.25) is 0 Å². The van der Waals surface area contributed by atoms with Gasteiger partial charge in [-0.3, -0.25) is 19.5 Å². The molecule has 0 radical (unpaired) electrons. The number of aliphatic hydroxyl groups excluding tert-OH is 1. The molecule has 0 aliphatic carbocycles. The highest BCUT2D eigenvalue weighted by atomic mass is 19.1. The average molecular weight is 556 g/mol. The standard InChI is InChI=1S/C32H34FN5O3/c33-27-8-5-24(6-9-27)30(39)25-11-17-38(18-12-25)32(41)26-7-10-29(35-20-26)31(40)36-28-13-15-37(16-14-28)21-23-3-1-22(19-34)2-4-23/h1-10,20,25,28,30,39H,11-18,21H2,(H,36,40). The Hall–Kier alpha value is -4.13. The van der Waals surface area contributed by atoms with Crippen LogP contribution >= 0.6 is 0 Å². The Morgan fingerprint density at radius 2 is 1.66 bits per heavy atom. The van der Waals surface area contributed by atoms with E-state index in [4.69, 9.17) is 5.26 Å². The molecule has 1 aromatic heterocycles. The van der Waals surface area contributed by atoms with Crippen molar-refractivity contribution >= 4 is 11.8 Å². The van der Waals surface area contributed by atoms with Crippen LogP contribution in [0.5, 0.6) is 0 Å². The number of aromatic nitrogens is 1. The fourth-order valence-electron chi connectivity index (χ4n) is 5.63. The Bertz CT molecular complexity index is 1370. The van der Waals surface area contributed by atoms with E-state index >= 15 is 0 Å². The van der Waals surface area contributed by atoms with Crippen LogP contribution in [0, 0.1) is 23.1 Å². The van der Waals surface area contributed by atoms with E-state index in [1.165, 1.54) is 18.3 Å². The topological polar surface area (TPSA) is 110 Å². The first-order valence-corrected chi connectivity index (χ1v) is 14.1. The summed E-state index contributed by atoms with van der Waals surface area (Å²) in [6.07, 6.45) is 3.72. The number of nitrogens with zero attached hydrogens (tertiary/aromatic N) is 4. The van der Waals surface area contributed by atoms with Crippen molar-refractivity contribution in [1.82, 2.24) is 20.1 Å². The summed E-state index contributed by atoms with van der Waals surface area (Å²) in [6, 6.07) is 19.0. The van der Waals surface area contributed by atoms with Crippen LogP contribution < -0.4 is 5.32 Å². The van der Waals surface area contributed by atoms with Gasteiger partial charge in [-0.15, -0.1) is 0 Å². The molecule has 1 unspecified atom stereocenters. The van der Waals surface area contributed by atoms with E-state index in [9.17, 15) is 19.1 Å². The largest absolute Gasteiger partial charge is 0.388 e. The predicted molar refractivity (Wildman–Crippen MR) is 151 cm³/mol. The highest BCUT2D eigenvalue weighted by molar-refractivity contribution is 5.96. The quantitative estimate of drug-likeness (QED) is 0.455. The van der Waals surface area contributed by atoms with Crippen molar-refractivity contribution in [3.8, 4) is 6.07 Å². The Balaban J connectivity index is 1.06. The Morgan fingerprint density at radius 1 is 0.976 bits per heavy atom. The molecular weight excluding hydrogens is 521 g/mol. The van der Waals surface area contributed by atoms with Gasteiger partial charge in [-0.25, -0.2) is 4.39 Å². The van der Waals surface area contributed by atoms with Gasteiger partial charge in [0, 0.05) is 45.0 Å². The van der Waals surface area contributed by atoms with Gasteiger partial charge in [0.25, 0.3) is 11.8 Å². The number of hydrogen-bond acceptors (Lipinski definition) is 6. The first-order valence-electron chi connectivity index (χ1n) is 14.1. The molecule has 9 heteroatoms. The van der Waals surface area contributed by atoms with E-state index in [0.717, 1.165) is 38.0 Å². The van der Waals surface area contributed by atoms with Crippen LogP contribution in [-0.4, -0.2) is 63.9 Å². The second kappa shape index (κ2) is 13.0. The van der Waals surface area contributed by atoms with Crippen molar-refractivity contribution in [3.63, 3.8) is 0 Å². The molecule has 2 N–H and O–H groups in total. The number of aliphatic hydroxyl groups is 1. The van der Waals surface area contributed by atoms with Gasteiger partial charge in [-0.2, -0.15) is 5.26 Å². The lowest BCUT2D eigenvalue weighted by atomic mass is 9.87. The number of piperidine rings is 2. The number of likely N-dealkylation sites (tertiary alicyclic amines) is 2. The minimum absolute atomic E-state index is 0.00320. The monoisotopic (exact) mass is 555 g/mol. The first kappa shape index (κ1) is 28.4. The number of carbonyl (C=O) groups excluding carboxylic acids is 2. The molecule has 0 bridgehead atoms. The molecule has 41 heavy (non-hydrogen) atoms. The molecule has 2 amide bonds. The molecule has 5 rings (SSSR count). The normalized spacial score (nSPS) is 17.5. The van der Waals surface area contributed by atoms with Gasteiger partial charge in [0.15, 0.2) is 0 Å². The van der Waals surface area contributed by atoms with Crippen LogP contribution in [0.2, 0.25) is 0 Å². The second-order valence-electron chi connectivity index (χ2n) is 10.9. The zero-order valence-electron chi connectivity index (χ0n) is 22.9. The fraction of sp³-hybridized carbons (Fsp3) is 0.375. The maximum Gasteiger partial charge on any atom is 0.270 e. The summed E-state index contributed by atoms with van der Waals surface area (Å²) in [5.74, 6) is -0.730. The third kappa shape index (κ3) is 7.15. The highest BCUT2D eigenvalue weighted by Gasteiger charge is 2.29. The van der Waals surface area contributed by atoms with Crippen LogP contribution in [0.15, 0.2) is 66.9 Å². The molecule has 8 nitrogen and oxygen atoms in total. The van der Waals surface area contributed by atoms with Crippen LogP contribution in [0.1, 0.15) is 69.3 Å². The smallest absolute Gasteiger partial charge is 0.270 e. The summed E-state index contributed by atoms with van der Waals surface area (Å²) in [7, 11) is 0. The summed E-state index contributed by atoms with van der Waals surface area (Å²) in [5, 5.41) is 22.7. The lowest BCUT2D eigenvalue weighted by Gasteiger charge is -2.34. The molecule has 0 saturated carbocycles. The molecule has 3 heterocycles. The Kier molecular flexibility index (Phi) is 9.02. The average Bonchev–Trinajstić information content (AvgIpc) is 3.02. The van der Waals surface area contributed by atoms with Crippen LogP contribution in [0.25, 0.3) is 0 Å². The summed E-state index contributed by atoms with van der Waals surface area (Å²) in [5.41, 5.74) is 3.21. The minimum atomic E-state index is -0.693. The predicted octanol–water partition coefficient (Wildman–Crippen LogP) is 4.07. The van der Waals surface area contributed by atoms with Gasteiger partial charge in [0.1, 0.15) is 11.5 Å². The van der Waals surface area contributed by atoms with Crippen molar-refractivity contribution in [2.75, 3.05) is 26.2 Å². The van der Waals surface area contributed by atoms with Gasteiger partial charge < -0.3 is 15.3 Å². The van der Waals surface area contributed by atoms with Crippen molar-refractivity contribution in [2.24, 2.45) is 5.92 Å². The molecule has 2 fully saturated rings. The maximum absolute atomic E-state index is 13.2. The molecule has 212 valence electrons. The van der Waals surface area contributed by atoms with Crippen LogP contribution in [0.4, 0.5) is 4.39 Å².